The highest BCUT2D eigenvalue weighted by Gasteiger charge is 2.34. The number of hydrogen-bond donors (Lipinski definition) is 0. The van der Waals surface area contributed by atoms with Crippen molar-refractivity contribution < 1.29 is 19.2 Å². The molecule has 1 atom stereocenters. The van der Waals surface area contributed by atoms with Crippen LogP contribution in [-0.4, -0.2) is 19.0 Å². The molecule has 3 aromatic carbocycles. The molecule has 0 N–H and O–H groups in total. The molecule has 0 bridgehead atoms. The molecule has 0 amide bonds. The number of anilines is 1. The second kappa shape index (κ2) is 6.52. The normalized spacial score (nSPS) is 16.6. The summed E-state index contributed by atoms with van der Waals surface area (Å²) in [6.07, 6.45) is 0.292. The number of nitrogens with zero attached hydrogens (tertiary/aromatic N) is 1. The minimum absolute atomic E-state index is 0.186. The van der Waals surface area contributed by atoms with E-state index in [1.54, 1.807) is 17.2 Å². The molecule has 1 aliphatic rings. The number of ether oxygens (including phenoxy) is 1. The summed E-state index contributed by atoms with van der Waals surface area (Å²) < 4.78 is 4.77. The molecule has 130 valence electrons. The highest BCUT2D eigenvalue weighted by molar-refractivity contribution is 5.95. The number of carbonyl (C=O) groups excluding carboxylic acids is 2. The Morgan fingerprint density at radius 3 is 2.54 bits per heavy atom. The van der Waals surface area contributed by atoms with E-state index in [2.05, 4.69) is 0 Å². The number of hydrogen-bond acceptors (Lipinski definition) is 5. The van der Waals surface area contributed by atoms with E-state index in [9.17, 15) is 9.59 Å². The fourth-order valence-electron chi connectivity index (χ4n) is 3.23. The van der Waals surface area contributed by atoms with Crippen molar-refractivity contribution in [1.29, 1.82) is 0 Å². The van der Waals surface area contributed by atoms with Crippen molar-refractivity contribution in [1.82, 2.24) is 0 Å². The van der Waals surface area contributed by atoms with Gasteiger partial charge in [0.25, 0.3) is 0 Å². The van der Waals surface area contributed by atoms with Crippen LogP contribution >= 0.6 is 0 Å². The molecule has 0 spiro atoms. The molecule has 5 heteroatoms. The van der Waals surface area contributed by atoms with Gasteiger partial charge in [-0.15, -0.1) is 0 Å². The summed E-state index contributed by atoms with van der Waals surface area (Å²) in [4.78, 5) is 29.0. The Morgan fingerprint density at radius 1 is 1.04 bits per heavy atom. The number of carbonyl (C=O) groups is 2. The van der Waals surface area contributed by atoms with Crippen molar-refractivity contribution in [2.75, 3.05) is 12.2 Å². The van der Waals surface area contributed by atoms with E-state index in [1.807, 2.05) is 54.6 Å². The van der Waals surface area contributed by atoms with E-state index >= 15 is 0 Å². The standard InChI is InChI=1S/C21H17NO4/c1-25-21(24)17-10-8-14-11-16(9-7-15(14)12-17)19-13-20(23)26-22(19)18-5-3-2-4-6-18/h2-12,19H,13H2,1H3. The summed E-state index contributed by atoms with van der Waals surface area (Å²) in [5.41, 5.74) is 2.33. The first-order valence-electron chi connectivity index (χ1n) is 8.33. The second-order valence-corrected chi connectivity index (χ2v) is 6.16. The molecule has 1 fully saturated rings. The Morgan fingerprint density at radius 2 is 1.77 bits per heavy atom. The van der Waals surface area contributed by atoms with Crippen LogP contribution in [0.15, 0.2) is 66.7 Å². The number of esters is 1. The molecule has 0 saturated carbocycles. The Bertz CT molecular complexity index is 984. The van der Waals surface area contributed by atoms with E-state index in [0.717, 1.165) is 22.0 Å². The van der Waals surface area contributed by atoms with Crippen molar-refractivity contribution in [3.05, 3.63) is 77.9 Å². The number of fused-ring (bicyclic) bond motifs is 1. The van der Waals surface area contributed by atoms with E-state index in [1.165, 1.54) is 7.11 Å². The van der Waals surface area contributed by atoms with Crippen LogP contribution in [0.2, 0.25) is 0 Å². The van der Waals surface area contributed by atoms with Crippen LogP contribution < -0.4 is 5.06 Å². The predicted molar refractivity (Wildman–Crippen MR) is 97.7 cm³/mol. The third-order valence-corrected chi connectivity index (χ3v) is 4.52. The van der Waals surface area contributed by atoms with Crippen LogP contribution in [0, 0.1) is 0 Å². The van der Waals surface area contributed by atoms with Crippen molar-refractivity contribution in [3.8, 4) is 0 Å². The molecule has 1 heterocycles. The molecule has 0 radical (unpaired) electrons. The van der Waals surface area contributed by atoms with Gasteiger partial charge in [-0.2, -0.15) is 5.06 Å². The third-order valence-electron chi connectivity index (χ3n) is 4.52. The van der Waals surface area contributed by atoms with E-state index in [4.69, 9.17) is 9.57 Å². The maximum absolute atomic E-state index is 11.9. The Labute approximate surface area is 150 Å². The number of para-hydroxylation sites is 1. The first-order chi connectivity index (χ1) is 12.7. The van der Waals surface area contributed by atoms with Crippen molar-refractivity contribution in [2.24, 2.45) is 0 Å². The summed E-state index contributed by atoms with van der Waals surface area (Å²) in [5.74, 6) is -0.610. The van der Waals surface area contributed by atoms with E-state index in [-0.39, 0.29) is 18.0 Å². The SMILES string of the molecule is COC(=O)c1ccc2cc(C3CC(=O)ON3c3ccccc3)ccc2c1. The molecule has 1 aliphatic heterocycles. The Kier molecular flexibility index (Phi) is 4.05. The van der Waals surface area contributed by atoms with Crippen molar-refractivity contribution in [2.45, 2.75) is 12.5 Å². The maximum atomic E-state index is 11.9. The predicted octanol–water partition coefficient (Wildman–Crippen LogP) is 4.04. The molecule has 5 nitrogen and oxygen atoms in total. The van der Waals surface area contributed by atoms with Gasteiger partial charge in [0.05, 0.1) is 24.8 Å². The molecule has 3 aromatic rings. The van der Waals surface area contributed by atoms with Gasteiger partial charge in [0.2, 0.25) is 0 Å². The minimum Gasteiger partial charge on any atom is -0.465 e. The Hall–Kier alpha value is -3.34. The second-order valence-electron chi connectivity index (χ2n) is 6.16. The lowest BCUT2D eigenvalue weighted by Gasteiger charge is -2.23. The summed E-state index contributed by atoms with van der Waals surface area (Å²) >= 11 is 0. The first kappa shape index (κ1) is 16.1. The van der Waals surface area contributed by atoms with Crippen LogP contribution in [0.4, 0.5) is 5.69 Å². The van der Waals surface area contributed by atoms with Gasteiger partial charge in [-0.1, -0.05) is 36.4 Å². The summed E-state index contributed by atoms with van der Waals surface area (Å²) in [6.45, 7) is 0. The average Bonchev–Trinajstić information content (AvgIpc) is 3.09. The van der Waals surface area contributed by atoms with Crippen molar-refractivity contribution in [3.63, 3.8) is 0 Å². The molecule has 1 saturated heterocycles. The molecular formula is C21H17NO4. The van der Waals surface area contributed by atoms with Gasteiger partial charge in [0.1, 0.15) is 6.04 Å². The third kappa shape index (κ3) is 2.88. The molecule has 0 aliphatic carbocycles. The molecule has 26 heavy (non-hydrogen) atoms. The quantitative estimate of drug-likeness (QED) is 0.670. The summed E-state index contributed by atoms with van der Waals surface area (Å²) in [7, 11) is 1.37. The monoisotopic (exact) mass is 347 g/mol. The lowest BCUT2D eigenvalue weighted by molar-refractivity contribution is -0.139. The van der Waals surface area contributed by atoms with Gasteiger partial charge in [-0.05, 0) is 46.7 Å². The van der Waals surface area contributed by atoms with E-state index in [0.29, 0.717) is 12.0 Å². The van der Waals surface area contributed by atoms with Gasteiger partial charge in [-0.25, -0.2) is 9.59 Å². The first-order valence-corrected chi connectivity index (χ1v) is 8.33. The van der Waals surface area contributed by atoms with Gasteiger partial charge < -0.3 is 9.57 Å². The van der Waals surface area contributed by atoms with Crippen LogP contribution in [0.25, 0.3) is 10.8 Å². The molecular weight excluding hydrogens is 330 g/mol. The maximum Gasteiger partial charge on any atom is 0.337 e. The van der Waals surface area contributed by atoms with Crippen molar-refractivity contribution >= 4 is 28.4 Å². The van der Waals surface area contributed by atoms with Crippen LogP contribution in [0.3, 0.4) is 0 Å². The molecule has 4 rings (SSSR count). The van der Waals surface area contributed by atoms with E-state index < -0.39 is 0 Å². The highest BCUT2D eigenvalue weighted by atomic mass is 16.7. The number of hydroxylamine groups is 1. The number of rotatable bonds is 3. The van der Waals surface area contributed by atoms with Crippen LogP contribution in [0.1, 0.15) is 28.4 Å². The summed E-state index contributed by atoms with van der Waals surface area (Å²) in [6, 6.07) is 20.7. The largest absolute Gasteiger partial charge is 0.465 e. The lowest BCUT2D eigenvalue weighted by atomic mass is 9.98. The average molecular weight is 347 g/mol. The zero-order valence-corrected chi connectivity index (χ0v) is 14.2. The summed E-state index contributed by atoms with van der Waals surface area (Å²) in [5, 5.41) is 3.59. The zero-order chi connectivity index (χ0) is 18.1. The smallest absolute Gasteiger partial charge is 0.337 e. The highest BCUT2D eigenvalue weighted by Crippen LogP contribution is 2.36. The molecule has 1 unspecified atom stereocenters. The van der Waals surface area contributed by atoms with Crippen LogP contribution in [0.5, 0.6) is 0 Å². The van der Waals surface area contributed by atoms with Crippen LogP contribution in [-0.2, 0) is 14.4 Å². The topological polar surface area (TPSA) is 55.8 Å². The fourth-order valence-corrected chi connectivity index (χ4v) is 3.23. The van der Waals surface area contributed by atoms with Gasteiger partial charge in [-0.3, -0.25) is 0 Å². The number of benzene rings is 3. The minimum atomic E-state index is -0.360. The lowest BCUT2D eigenvalue weighted by Crippen LogP contribution is -2.21. The fraction of sp³-hybridized carbons (Fsp3) is 0.143. The number of methoxy groups -OCH3 is 1. The zero-order valence-electron chi connectivity index (χ0n) is 14.2. The van der Waals surface area contributed by atoms with Gasteiger partial charge in [0.15, 0.2) is 0 Å². The van der Waals surface area contributed by atoms with Gasteiger partial charge >= 0.3 is 11.9 Å². The molecule has 0 aromatic heterocycles. The Balaban J connectivity index is 1.71. The van der Waals surface area contributed by atoms with Gasteiger partial charge in [0, 0.05) is 0 Å².